The van der Waals surface area contributed by atoms with Gasteiger partial charge in [0.05, 0.1) is 4.92 Å². The van der Waals surface area contributed by atoms with Crippen LogP contribution in [0.25, 0.3) is 0 Å². The van der Waals surface area contributed by atoms with Gasteiger partial charge >= 0.3 is 5.69 Å². The van der Waals surface area contributed by atoms with Crippen LogP contribution in [-0.4, -0.2) is 19.9 Å². The number of para-hydroxylation sites is 1. The van der Waals surface area contributed by atoms with Crippen LogP contribution in [-0.2, 0) is 0 Å². The van der Waals surface area contributed by atoms with Crippen LogP contribution < -0.4 is 10.6 Å². The number of hydrogen-bond acceptors (Lipinski definition) is 7. The van der Waals surface area contributed by atoms with E-state index in [1.165, 1.54) is 6.33 Å². The Hall–Kier alpha value is -3.07. The van der Waals surface area contributed by atoms with Gasteiger partial charge in [-0.2, -0.15) is 0 Å². The summed E-state index contributed by atoms with van der Waals surface area (Å²) in [6, 6.07) is 12.5. The summed E-state index contributed by atoms with van der Waals surface area (Å²) in [7, 11) is 0. The van der Waals surface area contributed by atoms with Crippen LogP contribution in [0.3, 0.4) is 0 Å². The van der Waals surface area contributed by atoms with E-state index in [0.29, 0.717) is 11.5 Å². The molecule has 0 aliphatic rings. The SMILES string of the molecule is O=[N+]([O-])c1c(Nc2ccccc2)ncnc1Nc1ccc(Br)cn1. The van der Waals surface area contributed by atoms with E-state index in [2.05, 4.69) is 41.5 Å². The van der Waals surface area contributed by atoms with Gasteiger partial charge in [-0.15, -0.1) is 0 Å². The second-order valence-electron chi connectivity index (χ2n) is 4.65. The number of rotatable bonds is 5. The van der Waals surface area contributed by atoms with Gasteiger partial charge in [-0.3, -0.25) is 10.1 Å². The van der Waals surface area contributed by atoms with Crippen molar-refractivity contribution in [1.29, 1.82) is 0 Å². The van der Waals surface area contributed by atoms with Crippen LogP contribution in [0.15, 0.2) is 59.5 Å². The van der Waals surface area contributed by atoms with Gasteiger partial charge in [0.2, 0.25) is 11.6 Å². The van der Waals surface area contributed by atoms with Gasteiger partial charge in [-0.1, -0.05) is 18.2 Å². The third-order valence-corrected chi connectivity index (χ3v) is 3.48. The van der Waals surface area contributed by atoms with Gasteiger partial charge in [-0.25, -0.2) is 15.0 Å². The highest BCUT2D eigenvalue weighted by Gasteiger charge is 2.23. The first-order valence-corrected chi connectivity index (χ1v) is 7.63. The monoisotopic (exact) mass is 386 g/mol. The van der Waals surface area contributed by atoms with E-state index < -0.39 is 4.92 Å². The van der Waals surface area contributed by atoms with Gasteiger partial charge < -0.3 is 10.6 Å². The molecule has 2 N–H and O–H groups in total. The van der Waals surface area contributed by atoms with Crippen molar-refractivity contribution >= 4 is 44.8 Å². The first kappa shape index (κ1) is 15.8. The topological polar surface area (TPSA) is 106 Å². The van der Waals surface area contributed by atoms with Crippen LogP contribution in [0, 0.1) is 10.1 Å². The molecule has 0 unspecified atom stereocenters. The van der Waals surface area contributed by atoms with Gasteiger partial charge in [0.1, 0.15) is 12.1 Å². The molecule has 0 spiro atoms. The second-order valence-corrected chi connectivity index (χ2v) is 5.57. The molecule has 2 heterocycles. The molecule has 8 nitrogen and oxygen atoms in total. The molecule has 0 saturated carbocycles. The van der Waals surface area contributed by atoms with Crippen molar-refractivity contribution in [1.82, 2.24) is 15.0 Å². The normalized spacial score (nSPS) is 10.2. The Labute approximate surface area is 145 Å². The molecule has 120 valence electrons. The Morgan fingerprint density at radius 1 is 0.958 bits per heavy atom. The number of halogens is 1. The number of nitro groups is 1. The maximum absolute atomic E-state index is 11.5. The lowest BCUT2D eigenvalue weighted by Gasteiger charge is -2.09. The molecule has 0 aliphatic heterocycles. The number of hydrogen-bond donors (Lipinski definition) is 2. The molecule has 0 atom stereocenters. The Morgan fingerprint density at radius 2 is 1.67 bits per heavy atom. The molecule has 3 rings (SSSR count). The van der Waals surface area contributed by atoms with Crippen LogP contribution in [0.2, 0.25) is 0 Å². The lowest BCUT2D eigenvalue weighted by molar-refractivity contribution is -0.383. The van der Waals surface area contributed by atoms with Gasteiger partial charge in [-0.05, 0) is 40.2 Å². The highest BCUT2D eigenvalue weighted by molar-refractivity contribution is 9.10. The van der Waals surface area contributed by atoms with E-state index in [9.17, 15) is 10.1 Å². The smallest absolute Gasteiger partial charge is 0.334 e. The Bertz CT molecular complexity index is 858. The van der Waals surface area contributed by atoms with E-state index in [1.807, 2.05) is 18.2 Å². The summed E-state index contributed by atoms with van der Waals surface area (Å²) in [6.45, 7) is 0. The van der Waals surface area contributed by atoms with E-state index in [0.717, 1.165) is 4.47 Å². The molecular formula is C15H11BrN6O2. The fourth-order valence-electron chi connectivity index (χ4n) is 1.96. The summed E-state index contributed by atoms with van der Waals surface area (Å²) in [6.07, 6.45) is 2.83. The first-order chi connectivity index (χ1) is 11.6. The van der Waals surface area contributed by atoms with Gasteiger partial charge in [0.25, 0.3) is 0 Å². The van der Waals surface area contributed by atoms with Gasteiger partial charge in [0.15, 0.2) is 0 Å². The highest BCUT2D eigenvalue weighted by atomic mass is 79.9. The number of aromatic nitrogens is 3. The van der Waals surface area contributed by atoms with Crippen LogP contribution >= 0.6 is 15.9 Å². The molecule has 9 heteroatoms. The summed E-state index contributed by atoms with van der Waals surface area (Å²) in [5.74, 6) is 0.592. The van der Waals surface area contributed by atoms with E-state index in [-0.39, 0.29) is 17.3 Å². The average molecular weight is 387 g/mol. The first-order valence-electron chi connectivity index (χ1n) is 6.83. The molecular weight excluding hydrogens is 376 g/mol. The van der Waals surface area contributed by atoms with Crippen LogP contribution in [0.5, 0.6) is 0 Å². The largest absolute Gasteiger partial charge is 0.353 e. The average Bonchev–Trinajstić information content (AvgIpc) is 2.58. The van der Waals surface area contributed by atoms with Crippen molar-refractivity contribution in [2.45, 2.75) is 0 Å². The summed E-state index contributed by atoms with van der Waals surface area (Å²) >= 11 is 3.28. The maximum atomic E-state index is 11.5. The zero-order valence-electron chi connectivity index (χ0n) is 12.2. The minimum absolute atomic E-state index is 0.0586. The zero-order valence-corrected chi connectivity index (χ0v) is 13.8. The summed E-state index contributed by atoms with van der Waals surface area (Å²) < 4.78 is 0.802. The second kappa shape index (κ2) is 7.01. The zero-order chi connectivity index (χ0) is 16.9. The van der Waals surface area contributed by atoms with Crippen molar-refractivity contribution in [2.24, 2.45) is 0 Å². The molecule has 0 bridgehead atoms. The fraction of sp³-hybridized carbons (Fsp3) is 0. The van der Waals surface area contributed by atoms with E-state index in [1.54, 1.807) is 30.5 Å². The quantitative estimate of drug-likeness (QED) is 0.503. The number of nitrogens with zero attached hydrogens (tertiary/aromatic N) is 4. The summed E-state index contributed by atoms with van der Waals surface area (Å²) in [4.78, 5) is 23.0. The molecule has 24 heavy (non-hydrogen) atoms. The number of anilines is 4. The summed E-state index contributed by atoms with van der Waals surface area (Å²) in [5.41, 5.74) is 0.429. The maximum Gasteiger partial charge on any atom is 0.353 e. The third-order valence-electron chi connectivity index (χ3n) is 3.02. The van der Waals surface area contributed by atoms with Crippen LogP contribution in [0.4, 0.5) is 28.8 Å². The van der Waals surface area contributed by atoms with Crippen molar-refractivity contribution < 1.29 is 4.92 Å². The molecule has 0 amide bonds. The summed E-state index contributed by atoms with van der Waals surface area (Å²) in [5, 5.41) is 17.3. The lowest BCUT2D eigenvalue weighted by atomic mass is 10.3. The Kier molecular flexibility index (Phi) is 4.62. The van der Waals surface area contributed by atoms with Crippen LogP contribution in [0.1, 0.15) is 0 Å². The van der Waals surface area contributed by atoms with Crippen molar-refractivity contribution in [2.75, 3.05) is 10.6 Å². The Morgan fingerprint density at radius 3 is 2.29 bits per heavy atom. The number of nitrogens with one attached hydrogen (secondary N) is 2. The van der Waals surface area contributed by atoms with Gasteiger partial charge in [0, 0.05) is 16.4 Å². The standard InChI is InChI=1S/C15H11BrN6O2/c16-10-6-7-12(17-8-10)21-15-13(22(23)24)14(18-9-19-15)20-11-4-2-1-3-5-11/h1-9H,(H2,17,18,19,20,21). The molecule has 0 aliphatic carbocycles. The number of benzene rings is 1. The minimum atomic E-state index is -0.535. The van der Waals surface area contributed by atoms with Crippen molar-refractivity contribution in [3.63, 3.8) is 0 Å². The molecule has 2 aromatic heterocycles. The highest BCUT2D eigenvalue weighted by Crippen LogP contribution is 2.32. The van der Waals surface area contributed by atoms with Crippen molar-refractivity contribution in [3.05, 3.63) is 69.6 Å². The molecule has 3 aromatic rings. The van der Waals surface area contributed by atoms with E-state index >= 15 is 0 Å². The molecule has 0 radical (unpaired) electrons. The third kappa shape index (κ3) is 3.63. The lowest BCUT2D eigenvalue weighted by Crippen LogP contribution is -2.06. The molecule has 0 fully saturated rings. The molecule has 1 aromatic carbocycles. The number of pyridine rings is 1. The minimum Gasteiger partial charge on any atom is -0.334 e. The Balaban J connectivity index is 1.96. The van der Waals surface area contributed by atoms with Crippen molar-refractivity contribution in [3.8, 4) is 0 Å². The van der Waals surface area contributed by atoms with E-state index in [4.69, 9.17) is 0 Å². The predicted molar refractivity (Wildman–Crippen MR) is 93.6 cm³/mol. The fourth-order valence-corrected chi connectivity index (χ4v) is 2.20. The molecule has 0 saturated heterocycles. The predicted octanol–water partition coefficient (Wildman–Crippen LogP) is 4.03.